The smallest absolute Gasteiger partial charge is 0.406 e. The highest BCUT2D eigenvalue weighted by atomic mass is 19.4. The first kappa shape index (κ1) is 19.5. The highest BCUT2D eigenvalue weighted by molar-refractivity contribution is 5.92. The van der Waals surface area contributed by atoms with Gasteiger partial charge in [0, 0.05) is 18.3 Å². The van der Waals surface area contributed by atoms with Gasteiger partial charge in [-0.2, -0.15) is 0 Å². The van der Waals surface area contributed by atoms with Crippen molar-refractivity contribution in [3.63, 3.8) is 0 Å². The summed E-state index contributed by atoms with van der Waals surface area (Å²) in [6.07, 6.45) is -3.81. The molecule has 0 aliphatic carbocycles. The van der Waals surface area contributed by atoms with Crippen LogP contribution >= 0.6 is 0 Å². The van der Waals surface area contributed by atoms with Gasteiger partial charge in [0.2, 0.25) is 0 Å². The number of nitrogens with zero attached hydrogens (tertiary/aromatic N) is 1. The summed E-state index contributed by atoms with van der Waals surface area (Å²) in [7, 11) is 0. The van der Waals surface area contributed by atoms with E-state index in [1.165, 1.54) is 24.3 Å². The molecule has 0 aromatic heterocycles. The Hall–Kier alpha value is -2.84. The van der Waals surface area contributed by atoms with Gasteiger partial charge in [0.25, 0.3) is 0 Å². The molecule has 140 valence electrons. The van der Waals surface area contributed by atoms with Crippen molar-refractivity contribution in [2.24, 2.45) is 10.7 Å². The molecule has 0 saturated carbocycles. The Bertz CT molecular complexity index is 740. The van der Waals surface area contributed by atoms with E-state index in [-0.39, 0.29) is 11.7 Å². The molecule has 0 aliphatic heterocycles. The van der Waals surface area contributed by atoms with Crippen LogP contribution in [0.15, 0.2) is 47.5 Å². The van der Waals surface area contributed by atoms with E-state index in [1.807, 2.05) is 0 Å². The third kappa shape index (κ3) is 6.96. The molecule has 0 amide bonds. The van der Waals surface area contributed by atoms with Crippen molar-refractivity contribution >= 4 is 11.6 Å². The lowest BCUT2D eigenvalue weighted by molar-refractivity contribution is -0.274. The van der Waals surface area contributed by atoms with Crippen LogP contribution in [0, 0.1) is 11.6 Å². The van der Waals surface area contributed by atoms with Crippen LogP contribution in [0.2, 0.25) is 0 Å². The molecule has 3 N–H and O–H groups in total. The van der Waals surface area contributed by atoms with Crippen LogP contribution in [0.5, 0.6) is 5.75 Å². The van der Waals surface area contributed by atoms with Crippen LogP contribution in [0.1, 0.15) is 12.0 Å². The van der Waals surface area contributed by atoms with E-state index < -0.39 is 18.0 Å². The molecule has 0 radical (unpaired) electrons. The molecule has 4 nitrogen and oxygen atoms in total. The SMILES string of the molecule is NC(=NCCCc1cc(F)cc(F)c1)Nc1ccc(OC(F)(F)F)cc1. The quantitative estimate of drug-likeness (QED) is 0.345. The molecule has 9 heteroatoms. The van der Waals surface area contributed by atoms with E-state index in [2.05, 4.69) is 15.0 Å². The van der Waals surface area contributed by atoms with Gasteiger partial charge >= 0.3 is 6.36 Å². The Kier molecular flexibility index (Phi) is 6.37. The number of guanidine groups is 1. The maximum atomic E-state index is 13.1. The predicted molar refractivity (Wildman–Crippen MR) is 87.9 cm³/mol. The summed E-state index contributed by atoms with van der Waals surface area (Å²) in [5.41, 5.74) is 6.64. The van der Waals surface area contributed by atoms with Gasteiger partial charge in [-0.05, 0) is 54.8 Å². The molecule has 0 unspecified atom stereocenters. The summed E-state index contributed by atoms with van der Waals surface area (Å²) >= 11 is 0. The van der Waals surface area contributed by atoms with Crippen molar-refractivity contribution in [1.82, 2.24) is 0 Å². The minimum atomic E-state index is -4.75. The van der Waals surface area contributed by atoms with Gasteiger partial charge in [0.05, 0.1) is 0 Å². The third-order valence-electron chi connectivity index (χ3n) is 3.19. The van der Waals surface area contributed by atoms with Gasteiger partial charge < -0.3 is 15.8 Å². The first-order chi connectivity index (χ1) is 12.2. The number of aryl methyl sites for hydroxylation is 1. The van der Waals surface area contributed by atoms with Gasteiger partial charge in [-0.3, -0.25) is 4.99 Å². The van der Waals surface area contributed by atoms with Crippen LogP contribution in [0.3, 0.4) is 0 Å². The third-order valence-corrected chi connectivity index (χ3v) is 3.19. The molecule has 2 aromatic rings. The van der Waals surface area contributed by atoms with Crippen molar-refractivity contribution in [1.29, 1.82) is 0 Å². The van der Waals surface area contributed by atoms with Crippen molar-refractivity contribution in [2.45, 2.75) is 19.2 Å². The number of benzene rings is 2. The molecule has 0 heterocycles. The Morgan fingerprint density at radius 2 is 1.65 bits per heavy atom. The number of halogens is 5. The van der Waals surface area contributed by atoms with Crippen LogP contribution in [-0.2, 0) is 6.42 Å². The Balaban J connectivity index is 1.80. The Labute approximate surface area is 146 Å². The maximum Gasteiger partial charge on any atom is 0.573 e. The normalized spacial score (nSPS) is 12.1. The number of hydrogen-bond acceptors (Lipinski definition) is 2. The van der Waals surface area contributed by atoms with Crippen LogP contribution in [-0.4, -0.2) is 18.9 Å². The fraction of sp³-hybridized carbons (Fsp3) is 0.235. The second-order valence-electron chi connectivity index (χ2n) is 5.35. The molecule has 0 atom stereocenters. The maximum absolute atomic E-state index is 13.1. The van der Waals surface area contributed by atoms with Gasteiger partial charge in [-0.1, -0.05) is 0 Å². The molecule has 0 fully saturated rings. The number of ether oxygens (including phenoxy) is 1. The average molecular weight is 373 g/mol. The average Bonchev–Trinajstić information content (AvgIpc) is 2.51. The number of anilines is 1. The molecule has 0 aliphatic rings. The summed E-state index contributed by atoms with van der Waals surface area (Å²) in [6.45, 7) is 0.312. The predicted octanol–water partition coefficient (Wildman–Crippen LogP) is 4.22. The standard InChI is InChI=1S/C17H16F5N3O/c18-12-8-11(9-13(19)10-12)2-1-7-24-16(23)25-14-3-5-15(6-4-14)26-17(20,21)22/h3-6,8-10H,1-2,7H2,(H3,23,24,25). The molecule has 0 bridgehead atoms. The summed E-state index contributed by atoms with van der Waals surface area (Å²) in [4.78, 5) is 4.05. The monoisotopic (exact) mass is 373 g/mol. The van der Waals surface area contributed by atoms with E-state index in [0.717, 1.165) is 18.2 Å². The molecule has 2 aromatic carbocycles. The number of rotatable bonds is 6. The van der Waals surface area contributed by atoms with E-state index >= 15 is 0 Å². The second-order valence-corrected chi connectivity index (χ2v) is 5.35. The fourth-order valence-electron chi connectivity index (χ4n) is 2.17. The Morgan fingerprint density at radius 1 is 1.04 bits per heavy atom. The summed E-state index contributed by atoms with van der Waals surface area (Å²) in [5.74, 6) is -1.55. The second kappa shape index (κ2) is 8.50. The minimum absolute atomic E-state index is 0.0694. The zero-order valence-corrected chi connectivity index (χ0v) is 13.5. The molecule has 26 heavy (non-hydrogen) atoms. The molecular weight excluding hydrogens is 357 g/mol. The van der Waals surface area contributed by atoms with Crippen LogP contribution in [0.4, 0.5) is 27.6 Å². The van der Waals surface area contributed by atoms with Gasteiger partial charge in [-0.15, -0.1) is 13.2 Å². The number of hydrogen-bond donors (Lipinski definition) is 2. The largest absolute Gasteiger partial charge is 0.573 e. The lowest BCUT2D eigenvalue weighted by Gasteiger charge is -2.10. The number of nitrogens with two attached hydrogens (primary N) is 1. The summed E-state index contributed by atoms with van der Waals surface area (Å²) in [6, 6.07) is 8.30. The van der Waals surface area contributed by atoms with Gasteiger partial charge in [-0.25, -0.2) is 8.78 Å². The van der Waals surface area contributed by atoms with Crippen molar-refractivity contribution in [3.05, 3.63) is 59.7 Å². The summed E-state index contributed by atoms with van der Waals surface area (Å²) in [5, 5.41) is 2.72. The van der Waals surface area contributed by atoms with E-state index in [0.29, 0.717) is 30.6 Å². The summed E-state index contributed by atoms with van der Waals surface area (Å²) < 4.78 is 66.1. The molecule has 0 spiro atoms. The zero-order valence-electron chi connectivity index (χ0n) is 13.5. The van der Waals surface area contributed by atoms with Gasteiger partial charge in [0.1, 0.15) is 17.4 Å². The molecule has 2 rings (SSSR count). The lowest BCUT2D eigenvalue weighted by atomic mass is 10.1. The van der Waals surface area contributed by atoms with Crippen molar-refractivity contribution in [2.75, 3.05) is 11.9 Å². The van der Waals surface area contributed by atoms with Crippen LogP contribution in [0.25, 0.3) is 0 Å². The number of nitrogens with one attached hydrogen (secondary N) is 1. The van der Waals surface area contributed by atoms with E-state index in [1.54, 1.807) is 0 Å². The first-order valence-corrected chi connectivity index (χ1v) is 7.59. The van der Waals surface area contributed by atoms with E-state index in [9.17, 15) is 22.0 Å². The Morgan fingerprint density at radius 3 is 2.23 bits per heavy atom. The highest BCUT2D eigenvalue weighted by Gasteiger charge is 2.30. The molecular formula is C17H16F5N3O. The van der Waals surface area contributed by atoms with Crippen LogP contribution < -0.4 is 15.8 Å². The zero-order chi connectivity index (χ0) is 19.2. The first-order valence-electron chi connectivity index (χ1n) is 7.59. The number of aliphatic imine (C=N–C) groups is 1. The van der Waals surface area contributed by atoms with Gasteiger partial charge in [0.15, 0.2) is 5.96 Å². The fourth-order valence-corrected chi connectivity index (χ4v) is 2.17. The topological polar surface area (TPSA) is 59.6 Å². The lowest BCUT2D eigenvalue weighted by Crippen LogP contribution is -2.23. The minimum Gasteiger partial charge on any atom is -0.406 e. The molecule has 0 saturated heterocycles. The van der Waals surface area contributed by atoms with E-state index in [4.69, 9.17) is 5.73 Å². The highest BCUT2D eigenvalue weighted by Crippen LogP contribution is 2.23. The van der Waals surface area contributed by atoms with Crippen molar-refractivity contribution < 1.29 is 26.7 Å². The van der Waals surface area contributed by atoms with Crippen molar-refractivity contribution in [3.8, 4) is 5.75 Å². The number of alkyl halides is 3.